The third-order valence-electron chi connectivity index (χ3n) is 5.39. The van der Waals surface area contributed by atoms with Crippen molar-refractivity contribution in [3.8, 4) is 5.75 Å². The average molecular weight is 304 g/mol. The van der Waals surface area contributed by atoms with E-state index in [1.54, 1.807) is 0 Å². The Morgan fingerprint density at radius 2 is 1.86 bits per heavy atom. The Labute approximate surface area is 135 Å². The van der Waals surface area contributed by atoms with Gasteiger partial charge in [-0.05, 0) is 47.1 Å². The van der Waals surface area contributed by atoms with E-state index >= 15 is 0 Å². The van der Waals surface area contributed by atoms with Crippen LogP contribution in [0.1, 0.15) is 77.5 Å². The molecule has 2 nitrogen and oxygen atoms in total. The molecule has 0 aromatic heterocycles. The number of fused-ring (bicyclic) bond motifs is 2. The van der Waals surface area contributed by atoms with Gasteiger partial charge in [-0.15, -0.1) is 0 Å². The summed E-state index contributed by atoms with van der Waals surface area (Å²) in [5.74, 6) is 0.614. The summed E-state index contributed by atoms with van der Waals surface area (Å²) in [4.78, 5) is 0. The Kier molecular flexibility index (Phi) is 4.64. The van der Waals surface area contributed by atoms with Crippen LogP contribution in [-0.2, 0) is 17.3 Å². The zero-order valence-electron chi connectivity index (χ0n) is 15.0. The van der Waals surface area contributed by atoms with Crippen LogP contribution >= 0.6 is 0 Å². The first-order valence-electron chi connectivity index (χ1n) is 8.64. The molecule has 0 saturated heterocycles. The van der Waals surface area contributed by atoms with Gasteiger partial charge in [0.25, 0.3) is 0 Å². The molecule has 0 amide bonds. The van der Waals surface area contributed by atoms with Crippen molar-refractivity contribution >= 4 is 0 Å². The molecule has 1 aliphatic carbocycles. The zero-order valence-corrected chi connectivity index (χ0v) is 15.0. The van der Waals surface area contributed by atoms with Crippen molar-refractivity contribution in [1.82, 2.24) is 0 Å². The maximum absolute atomic E-state index is 10.9. The summed E-state index contributed by atoms with van der Waals surface area (Å²) < 4.78 is 0. The van der Waals surface area contributed by atoms with Crippen molar-refractivity contribution in [1.29, 1.82) is 0 Å². The van der Waals surface area contributed by atoms with Gasteiger partial charge in [-0.3, -0.25) is 0 Å². The van der Waals surface area contributed by atoms with Crippen molar-refractivity contribution in [2.75, 3.05) is 0 Å². The Balaban J connectivity index is 2.65. The Morgan fingerprint density at radius 1 is 1.23 bits per heavy atom. The van der Waals surface area contributed by atoms with Crippen LogP contribution < -0.4 is 0 Å². The molecule has 0 radical (unpaired) electrons. The molecule has 2 unspecified atom stereocenters. The van der Waals surface area contributed by atoms with Gasteiger partial charge in [0.05, 0.1) is 6.10 Å². The molecule has 1 aromatic rings. The fourth-order valence-electron chi connectivity index (χ4n) is 3.96. The lowest BCUT2D eigenvalue weighted by molar-refractivity contribution is 0.0516. The second-order valence-electron chi connectivity index (χ2n) is 8.51. The topological polar surface area (TPSA) is 40.5 Å². The lowest BCUT2D eigenvalue weighted by Gasteiger charge is -2.41. The monoisotopic (exact) mass is 304 g/mol. The van der Waals surface area contributed by atoms with Gasteiger partial charge in [0, 0.05) is 5.56 Å². The van der Waals surface area contributed by atoms with Gasteiger partial charge >= 0.3 is 0 Å². The van der Waals surface area contributed by atoms with Crippen LogP contribution in [0.25, 0.3) is 0 Å². The lowest BCUT2D eigenvalue weighted by Crippen LogP contribution is -2.39. The fourth-order valence-corrected chi connectivity index (χ4v) is 3.96. The predicted octanol–water partition coefficient (Wildman–Crippen LogP) is 4.69. The molecule has 1 aliphatic rings. The van der Waals surface area contributed by atoms with Gasteiger partial charge in [0.2, 0.25) is 0 Å². The molecule has 2 N–H and O–H groups in total. The quantitative estimate of drug-likeness (QED) is 0.832. The summed E-state index contributed by atoms with van der Waals surface area (Å²) in [7, 11) is 0. The highest BCUT2D eigenvalue weighted by Crippen LogP contribution is 2.46. The first-order valence-corrected chi connectivity index (χ1v) is 8.64. The summed E-state index contributed by atoms with van der Waals surface area (Å²) in [5, 5.41) is 21.6. The van der Waals surface area contributed by atoms with Crippen LogP contribution in [0.4, 0.5) is 0 Å². The summed E-state index contributed by atoms with van der Waals surface area (Å²) in [6.45, 7) is 12.9. The van der Waals surface area contributed by atoms with Crippen LogP contribution in [0, 0.1) is 5.92 Å². The minimum absolute atomic E-state index is 0.0804. The Hall–Kier alpha value is -1.02. The lowest BCUT2D eigenvalue weighted by atomic mass is 9.65. The normalized spacial score (nSPS) is 24.7. The number of hydrogen-bond donors (Lipinski definition) is 2. The van der Waals surface area contributed by atoms with Gasteiger partial charge < -0.3 is 10.2 Å². The standard InChI is InChI=1S/C20H32O2/c1-7-8-14-17(21)10-9-13-11-15(19(2,3)4)18(22)16(12-13)20(14,5)6/h11-12,14,17,21-22H,7-10H2,1-6H3. The number of aliphatic hydroxyl groups excluding tert-OH is 1. The van der Waals surface area contributed by atoms with Crippen LogP contribution in [0.15, 0.2) is 12.1 Å². The van der Waals surface area contributed by atoms with Crippen molar-refractivity contribution in [2.45, 2.75) is 84.2 Å². The number of aliphatic hydroxyl groups is 1. The second kappa shape index (κ2) is 5.88. The van der Waals surface area contributed by atoms with E-state index in [0.29, 0.717) is 5.75 Å². The van der Waals surface area contributed by atoms with E-state index in [0.717, 1.165) is 36.8 Å². The smallest absolute Gasteiger partial charge is 0.123 e. The SMILES string of the molecule is CCCC1C(O)CCc2cc(C(C)(C)C)c(O)c(c2)C1(C)C. The third-order valence-corrected chi connectivity index (χ3v) is 5.39. The summed E-state index contributed by atoms with van der Waals surface area (Å²) in [6, 6.07) is 4.29. The zero-order chi connectivity index (χ0) is 16.7. The maximum Gasteiger partial charge on any atom is 0.123 e. The summed E-state index contributed by atoms with van der Waals surface area (Å²) >= 11 is 0. The molecular weight excluding hydrogens is 272 g/mol. The maximum atomic E-state index is 10.9. The van der Waals surface area contributed by atoms with Crippen molar-refractivity contribution < 1.29 is 10.2 Å². The van der Waals surface area contributed by atoms with Crippen molar-refractivity contribution in [3.63, 3.8) is 0 Å². The van der Waals surface area contributed by atoms with Gasteiger partial charge in [-0.1, -0.05) is 60.1 Å². The van der Waals surface area contributed by atoms with E-state index in [2.05, 4.69) is 53.7 Å². The summed E-state index contributed by atoms with van der Waals surface area (Å²) in [6.07, 6.45) is 3.43. The van der Waals surface area contributed by atoms with Crippen LogP contribution in [0.5, 0.6) is 5.75 Å². The molecule has 2 bridgehead atoms. The molecule has 0 spiro atoms. The molecule has 22 heavy (non-hydrogen) atoms. The predicted molar refractivity (Wildman–Crippen MR) is 92.6 cm³/mol. The number of aromatic hydroxyl groups is 1. The molecule has 1 aromatic carbocycles. The molecular formula is C20H32O2. The number of phenolic OH excluding ortho intramolecular Hbond substituents is 1. The first kappa shape index (κ1) is 17.3. The Bertz CT molecular complexity index is 537. The van der Waals surface area contributed by atoms with E-state index in [-0.39, 0.29) is 22.9 Å². The van der Waals surface area contributed by atoms with Gasteiger partial charge in [0.1, 0.15) is 5.75 Å². The highest BCUT2D eigenvalue weighted by Gasteiger charge is 2.40. The molecule has 2 atom stereocenters. The van der Waals surface area contributed by atoms with Crippen molar-refractivity contribution in [3.05, 3.63) is 28.8 Å². The average Bonchev–Trinajstić information content (AvgIpc) is 2.40. The second-order valence-corrected chi connectivity index (χ2v) is 8.51. The molecule has 124 valence electrons. The van der Waals surface area contributed by atoms with E-state index in [1.807, 2.05) is 0 Å². The van der Waals surface area contributed by atoms with Crippen LogP contribution in [0.3, 0.4) is 0 Å². The Morgan fingerprint density at radius 3 is 2.41 bits per heavy atom. The minimum atomic E-state index is -0.300. The largest absolute Gasteiger partial charge is 0.507 e. The molecule has 0 heterocycles. The molecule has 0 saturated carbocycles. The highest BCUT2D eigenvalue weighted by molar-refractivity contribution is 5.51. The van der Waals surface area contributed by atoms with Gasteiger partial charge in [-0.25, -0.2) is 0 Å². The van der Waals surface area contributed by atoms with E-state index in [4.69, 9.17) is 0 Å². The van der Waals surface area contributed by atoms with Gasteiger partial charge in [-0.2, -0.15) is 0 Å². The molecule has 2 rings (SSSR count). The molecule has 0 fully saturated rings. The van der Waals surface area contributed by atoms with Crippen LogP contribution in [-0.4, -0.2) is 16.3 Å². The third kappa shape index (κ3) is 3.03. The number of hydrogen-bond acceptors (Lipinski definition) is 2. The number of benzene rings is 1. The highest BCUT2D eigenvalue weighted by atomic mass is 16.3. The van der Waals surface area contributed by atoms with E-state index in [1.165, 1.54) is 5.56 Å². The fraction of sp³-hybridized carbons (Fsp3) is 0.700. The number of rotatable bonds is 2. The first-order chi connectivity index (χ1) is 10.1. The van der Waals surface area contributed by atoms with E-state index < -0.39 is 0 Å². The number of aryl methyl sites for hydroxylation is 1. The molecule has 2 heteroatoms. The molecule has 0 aliphatic heterocycles. The number of phenols is 1. The van der Waals surface area contributed by atoms with Crippen molar-refractivity contribution in [2.24, 2.45) is 5.92 Å². The summed E-state index contributed by atoms with van der Waals surface area (Å²) in [5.41, 5.74) is 2.96. The van der Waals surface area contributed by atoms with Gasteiger partial charge in [0.15, 0.2) is 0 Å². The van der Waals surface area contributed by atoms with Crippen LogP contribution in [0.2, 0.25) is 0 Å². The van der Waals surface area contributed by atoms with E-state index in [9.17, 15) is 10.2 Å². The minimum Gasteiger partial charge on any atom is -0.507 e.